The third kappa shape index (κ3) is 5.97. The van der Waals surface area contributed by atoms with E-state index < -0.39 is 21.7 Å². The van der Waals surface area contributed by atoms with Crippen LogP contribution in [0.1, 0.15) is 0 Å². The molecule has 0 aromatic rings. The number of nitrogens with zero attached hydrogens (tertiary/aromatic N) is 1. The highest BCUT2D eigenvalue weighted by atomic mass is 32.2. The molecule has 7 nitrogen and oxygen atoms in total. The van der Waals surface area contributed by atoms with Crippen molar-refractivity contribution in [2.45, 2.75) is 0 Å². The number of sulfonamides is 1. The van der Waals surface area contributed by atoms with Crippen molar-refractivity contribution in [3.63, 3.8) is 0 Å². The fourth-order valence-corrected chi connectivity index (χ4v) is 2.49. The fraction of sp³-hybridized carbons (Fsp3) is 0.889. The van der Waals surface area contributed by atoms with E-state index in [1.165, 1.54) is 7.11 Å². The zero-order valence-electron chi connectivity index (χ0n) is 9.94. The highest BCUT2D eigenvalue weighted by molar-refractivity contribution is 7.90. The second-order valence-corrected chi connectivity index (χ2v) is 5.63. The monoisotopic (exact) mass is 265 g/mol. The Morgan fingerprint density at radius 3 is 2.65 bits per heavy atom. The van der Waals surface area contributed by atoms with Crippen LogP contribution in [0.5, 0.6) is 0 Å². The highest BCUT2D eigenvalue weighted by Gasteiger charge is 2.17. The van der Waals surface area contributed by atoms with E-state index in [0.717, 1.165) is 26.2 Å². The van der Waals surface area contributed by atoms with Crippen molar-refractivity contribution in [3.8, 4) is 0 Å². The molecule has 0 aliphatic carbocycles. The van der Waals surface area contributed by atoms with Crippen molar-refractivity contribution in [1.82, 2.24) is 14.9 Å². The molecule has 1 heterocycles. The van der Waals surface area contributed by atoms with Crippen LogP contribution >= 0.6 is 0 Å². The summed E-state index contributed by atoms with van der Waals surface area (Å²) in [5, 5.41) is 3.21. The van der Waals surface area contributed by atoms with Gasteiger partial charge in [-0.1, -0.05) is 0 Å². The van der Waals surface area contributed by atoms with E-state index in [4.69, 9.17) is 0 Å². The lowest BCUT2D eigenvalue weighted by Gasteiger charge is -2.26. The number of hydrogen-bond donors (Lipinski definition) is 2. The molecule has 0 aromatic heterocycles. The van der Waals surface area contributed by atoms with Crippen LogP contribution in [0, 0.1) is 0 Å². The van der Waals surface area contributed by atoms with Crippen LogP contribution in [0.3, 0.4) is 0 Å². The standard InChI is InChI=1S/C9H19N3O4S/c1-16-9(13)8-17(14,15)11-4-7-12-5-2-10-3-6-12/h10-11H,2-8H2,1H3. The van der Waals surface area contributed by atoms with Gasteiger partial charge in [-0.05, 0) is 0 Å². The van der Waals surface area contributed by atoms with Gasteiger partial charge in [0, 0.05) is 39.3 Å². The Morgan fingerprint density at radius 2 is 2.06 bits per heavy atom. The van der Waals surface area contributed by atoms with Gasteiger partial charge in [0.15, 0.2) is 5.75 Å². The summed E-state index contributed by atoms with van der Waals surface area (Å²) in [7, 11) is -2.40. The molecule has 1 saturated heterocycles. The first-order valence-corrected chi connectivity index (χ1v) is 7.16. The molecule has 0 atom stereocenters. The lowest BCUT2D eigenvalue weighted by molar-refractivity contribution is -0.137. The maximum absolute atomic E-state index is 11.4. The molecule has 1 aliphatic rings. The minimum atomic E-state index is -3.56. The molecule has 0 saturated carbocycles. The van der Waals surface area contributed by atoms with Gasteiger partial charge in [-0.3, -0.25) is 9.69 Å². The summed E-state index contributed by atoms with van der Waals surface area (Å²) in [5.74, 6) is -1.37. The van der Waals surface area contributed by atoms with E-state index in [0.29, 0.717) is 13.1 Å². The Morgan fingerprint density at radius 1 is 1.41 bits per heavy atom. The molecule has 1 aliphatic heterocycles. The Balaban J connectivity index is 2.22. The Kier molecular flexibility index (Phi) is 5.83. The van der Waals surface area contributed by atoms with Crippen molar-refractivity contribution in [2.24, 2.45) is 0 Å². The number of carbonyl (C=O) groups excluding carboxylic acids is 1. The predicted octanol–water partition coefficient (Wildman–Crippen LogP) is -2.02. The van der Waals surface area contributed by atoms with Crippen LogP contribution < -0.4 is 10.0 Å². The molecule has 0 radical (unpaired) electrons. The normalized spacial score (nSPS) is 17.9. The lowest BCUT2D eigenvalue weighted by atomic mass is 10.3. The number of esters is 1. The van der Waals surface area contributed by atoms with Gasteiger partial charge in [-0.25, -0.2) is 13.1 Å². The van der Waals surface area contributed by atoms with Crippen LogP contribution in [0.2, 0.25) is 0 Å². The van der Waals surface area contributed by atoms with E-state index in [9.17, 15) is 13.2 Å². The van der Waals surface area contributed by atoms with Gasteiger partial charge in [-0.15, -0.1) is 0 Å². The molecule has 8 heteroatoms. The van der Waals surface area contributed by atoms with E-state index in [1.807, 2.05) is 0 Å². The van der Waals surface area contributed by atoms with Gasteiger partial charge in [0.2, 0.25) is 10.0 Å². The molecule has 2 N–H and O–H groups in total. The maximum atomic E-state index is 11.4. The third-order valence-electron chi connectivity index (χ3n) is 2.50. The van der Waals surface area contributed by atoms with Crippen molar-refractivity contribution in [1.29, 1.82) is 0 Å². The van der Waals surface area contributed by atoms with E-state index in [-0.39, 0.29) is 0 Å². The molecule has 0 aromatic carbocycles. The minimum absolute atomic E-state index is 0.319. The summed E-state index contributed by atoms with van der Waals surface area (Å²) in [6.07, 6.45) is 0. The first kappa shape index (κ1) is 14.4. The molecule has 17 heavy (non-hydrogen) atoms. The van der Waals surface area contributed by atoms with Crippen LogP contribution in [-0.4, -0.2) is 71.4 Å². The molecule has 1 rings (SSSR count). The smallest absolute Gasteiger partial charge is 0.322 e. The highest BCUT2D eigenvalue weighted by Crippen LogP contribution is 1.92. The van der Waals surface area contributed by atoms with Crippen LogP contribution in [-0.2, 0) is 19.6 Å². The Labute approximate surface area is 102 Å². The summed E-state index contributed by atoms with van der Waals surface area (Å²) in [6.45, 7) is 4.66. The average Bonchev–Trinajstić information content (AvgIpc) is 2.29. The first-order chi connectivity index (χ1) is 8.03. The zero-order valence-corrected chi connectivity index (χ0v) is 10.8. The summed E-state index contributed by atoms with van der Waals surface area (Å²) in [5.41, 5.74) is 0. The molecule has 0 bridgehead atoms. The number of carbonyl (C=O) groups is 1. The Hall–Kier alpha value is -0.700. The number of hydrogen-bond acceptors (Lipinski definition) is 6. The topological polar surface area (TPSA) is 87.7 Å². The molecule has 0 unspecified atom stereocenters. The van der Waals surface area contributed by atoms with Crippen LogP contribution in [0.25, 0.3) is 0 Å². The summed E-state index contributed by atoms with van der Waals surface area (Å²) >= 11 is 0. The summed E-state index contributed by atoms with van der Waals surface area (Å²) in [4.78, 5) is 13.0. The second kappa shape index (κ2) is 6.90. The van der Waals surface area contributed by atoms with Gasteiger partial charge in [0.1, 0.15) is 0 Å². The average molecular weight is 265 g/mol. The maximum Gasteiger partial charge on any atom is 0.322 e. The van der Waals surface area contributed by atoms with E-state index in [2.05, 4.69) is 19.7 Å². The van der Waals surface area contributed by atoms with Crippen LogP contribution in [0.15, 0.2) is 0 Å². The molecule has 0 amide bonds. The van der Waals surface area contributed by atoms with E-state index >= 15 is 0 Å². The number of rotatable bonds is 6. The van der Waals surface area contributed by atoms with Gasteiger partial charge in [0.25, 0.3) is 0 Å². The lowest BCUT2D eigenvalue weighted by Crippen LogP contribution is -2.46. The number of nitrogens with one attached hydrogen (secondary N) is 2. The van der Waals surface area contributed by atoms with Gasteiger partial charge < -0.3 is 10.1 Å². The van der Waals surface area contributed by atoms with Crippen molar-refractivity contribution >= 4 is 16.0 Å². The van der Waals surface area contributed by atoms with E-state index in [1.54, 1.807) is 0 Å². The molecule has 100 valence electrons. The van der Waals surface area contributed by atoms with Gasteiger partial charge in [0.05, 0.1) is 7.11 Å². The number of piperazine rings is 1. The zero-order chi connectivity index (χ0) is 12.7. The second-order valence-electron chi connectivity index (χ2n) is 3.82. The molecular weight excluding hydrogens is 246 g/mol. The molecular formula is C9H19N3O4S. The number of ether oxygens (including phenoxy) is 1. The Bertz CT molecular complexity index is 338. The summed E-state index contributed by atoms with van der Waals surface area (Å²) in [6, 6.07) is 0. The minimum Gasteiger partial charge on any atom is -0.468 e. The van der Waals surface area contributed by atoms with Crippen LogP contribution in [0.4, 0.5) is 0 Å². The number of methoxy groups -OCH3 is 1. The fourth-order valence-electron chi connectivity index (χ4n) is 1.56. The largest absolute Gasteiger partial charge is 0.468 e. The SMILES string of the molecule is COC(=O)CS(=O)(=O)NCCN1CCNCC1. The van der Waals surface area contributed by atoms with Crippen molar-refractivity contribution in [3.05, 3.63) is 0 Å². The molecule has 1 fully saturated rings. The summed E-state index contributed by atoms with van der Waals surface area (Å²) < 4.78 is 29.5. The van der Waals surface area contributed by atoms with Crippen molar-refractivity contribution < 1.29 is 17.9 Å². The van der Waals surface area contributed by atoms with Gasteiger partial charge >= 0.3 is 5.97 Å². The third-order valence-corrected chi connectivity index (χ3v) is 3.75. The quantitative estimate of drug-likeness (QED) is 0.539. The molecule has 0 spiro atoms. The first-order valence-electron chi connectivity index (χ1n) is 5.51. The predicted molar refractivity (Wildman–Crippen MR) is 63.1 cm³/mol. The van der Waals surface area contributed by atoms with Crippen molar-refractivity contribution in [2.75, 3.05) is 52.1 Å². The van der Waals surface area contributed by atoms with Gasteiger partial charge in [-0.2, -0.15) is 0 Å².